The van der Waals surface area contributed by atoms with Gasteiger partial charge in [-0.3, -0.25) is 43.3 Å². The maximum Gasteiger partial charge on any atom is 0.410 e. The van der Waals surface area contributed by atoms with Crippen molar-refractivity contribution in [1.29, 1.82) is 0 Å². The average molecular weight is 1240 g/mol. The number of nitrogens with one attached hydrogen (secondary N) is 8. The Labute approximate surface area is 520 Å². The molecule has 90 heavy (non-hydrogen) atoms. The molecule has 0 aliphatic carbocycles. The molecule has 9 amide bonds. The molecule has 27 heteroatoms. The molecule has 0 spiro atoms. The Morgan fingerprint density at radius 2 is 1.39 bits per heavy atom. The summed E-state index contributed by atoms with van der Waals surface area (Å²) in [6.07, 6.45) is 2.34. The van der Waals surface area contributed by atoms with Crippen LogP contribution in [0.2, 0.25) is 0 Å². The molecule has 5 aromatic rings. The smallest absolute Gasteiger partial charge is 0.410 e. The predicted molar refractivity (Wildman–Crippen MR) is 327 cm³/mol. The first kappa shape index (κ1) is 67.2. The van der Waals surface area contributed by atoms with E-state index in [9.17, 15) is 53.1 Å². The van der Waals surface area contributed by atoms with Crippen molar-refractivity contribution in [3.05, 3.63) is 156 Å². The summed E-state index contributed by atoms with van der Waals surface area (Å²) in [7, 11) is 1.33. The zero-order valence-corrected chi connectivity index (χ0v) is 50.0. The highest BCUT2D eigenvalue weighted by atomic mass is 16.6. The lowest BCUT2D eigenvalue weighted by atomic mass is 10.0. The van der Waals surface area contributed by atoms with E-state index in [-0.39, 0.29) is 102 Å². The van der Waals surface area contributed by atoms with Crippen LogP contribution < -0.4 is 48.7 Å². The lowest BCUT2D eigenvalue weighted by Crippen LogP contribution is -2.61. The lowest BCUT2D eigenvalue weighted by molar-refractivity contribution is -0.150. The van der Waals surface area contributed by atoms with Gasteiger partial charge in [-0.1, -0.05) is 103 Å². The number of aromatic amines is 1. The molecule has 0 unspecified atom stereocenters. The number of carbonyl (C=O) groups excluding carboxylic acids is 10. The van der Waals surface area contributed by atoms with Crippen molar-refractivity contribution in [2.75, 3.05) is 33.2 Å². The summed E-state index contributed by atoms with van der Waals surface area (Å²) in [6, 6.07) is 23.3. The normalized spacial score (nSPS) is 18.1. The van der Waals surface area contributed by atoms with Crippen LogP contribution in [0.3, 0.4) is 0 Å². The van der Waals surface area contributed by atoms with Crippen molar-refractivity contribution in [3.8, 4) is 5.75 Å². The number of phenolic OH excluding ortho intramolecular Hbond substituents is 1. The number of aliphatic imine (C=N–C) groups is 1. The minimum absolute atomic E-state index is 0.0180. The summed E-state index contributed by atoms with van der Waals surface area (Å²) < 4.78 is 11.0. The van der Waals surface area contributed by atoms with E-state index in [1.165, 1.54) is 48.7 Å². The molecule has 1 aromatic heterocycles. The monoisotopic (exact) mass is 1240 g/mol. The van der Waals surface area contributed by atoms with Gasteiger partial charge < -0.3 is 78.0 Å². The first-order chi connectivity index (χ1) is 43.4. The van der Waals surface area contributed by atoms with E-state index in [4.69, 9.17) is 20.9 Å². The summed E-state index contributed by atoms with van der Waals surface area (Å²) in [4.78, 5) is 155. The quantitative estimate of drug-likeness (QED) is 0.0167. The fraction of sp³-hybridized carbons (Fsp3) is 0.397. The number of carbonyl (C=O) groups is 10. The molecule has 0 bridgehead atoms. The first-order valence-corrected chi connectivity index (χ1v) is 29.7. The molecular weight excluding hydrogens is 1160 g/mol. The highest BCUT2D eigenvalue weighted by Crippen LogP contribution is 2.22. The second kappa shape index (κ2) is 34.3. The molecule has 7 atom stereocenters. The van der Waals surface area contributed by atoms with Crippen molar-refractivity contribution < 1.29 is 62.5 Å². The number of aromatic nitrogens is 2. The number of esters is 1. The number of likely N-dealkylation sites (N-methyl/N-ethyl adjacent to an activating group) is 1. The number of imidazole rings is 1. The lowest BCUT2D eigenvalue weighted by Gasteiger charge is -2.31. The first-order valence-electron chi connectivity index (χ1n) is 29.7. The molecule has 13 N–H and O–H groups in total. The third-order valence-corrected chi connectivity index (χ3v) is 14.9. The van der Waals surface area contributed by atoms with Crippen LogP contribution in [0.15, 0.2) is 133 Å². The van der Waals surface area contributed by atoms with Gasteiger partial charge in [0.15, 0.2) is 5.96 Å². The molecular formula is C63H78N14O13. The highest BCUT2D eigenvalue weighted by molar-refractivity contribution is 5.99. The van der Waals surface area contributed by atoms with Gasteiger partial charge in [0, 0.05) is 57.8 Å². The van der Waals surface area contributed by atoms with Crippen LogP contribution in [0.25, 0.3) is 0 Å². The Morgan fingerprint density at radius 3 is 2.04 bits per heavy atom. The number of hydrogen-bond acceptors (Lipinski definition) is 15. The summed E-state index contributed by atoms with van der Waals surface area (Å²) in [5.74, 6) is -7.29. The van der Waals surface area contributed by atoms with E-state index >= 15 is 0 Å². The summed E-state index contributed by atoms with van der Waals surface area (Å²) in [5, 5.41) is 29.1. The van der Waals surface area contributed by atoms with Crippen molar-refractivity contribution >= 4 is 65.3 Å². The molecule has 0 saturated carbocycles. The molecule has 2 aliphatic rings. The van der Waals surface area contributed by atoms with E-state index < -0.39 is 115 Å². The van der Waals surface area contributed by atoms with Crippen LogP contribution in [0.4, 0.5) is 4.79 Å². The van der Waals surface area contributed by atoms with Crippen molar-refractivity contribution in [2.24, 2.45) is 16.5 Å². The number of hydrogen-bond donors (Lipinski definition) is 11. The summed E-state index contributed by atoms with van der Waals surface area (Å²) in [5.41, 5.74) is 14.1. The molecule has 2 fully saturated rings. The van der Waals surface area contributed by atoms with Gasteiger partial charge >= 0.3 is 12.1 Å². The molecule has 0 radical (unpaired) electrons. The molecule has 3 heterocycles. The number of aromatic hydroxyl groups is 1. The van der Waals surface area contributed by atoms with Gasteiger partial charge in [0.1, 0.15) is 67.8 Å². The van der Waals surface area contributed by atoms with Gasteiger partial charge in [0.2, 0.25) is 47.3 Å². The molecule has 478 valence electrons. The Morgan fingerprint density at radius 1 is 0.733 bits per heavy atom. The Balaban J connectivity index is 1.08. The summed E-state index contributed by atoms with van der Waals surface area (Å²) >= 11 is 0. The zero-order valence-electron chi connectivity index (χ0n) is 50.0. The average Bonchev–Trinajstić information content (AvgIpc) is 2.20. The van der Waals surface area contributed by atoms with Crippen LogP contribution in [0.1, 0.15) is 79.3 Å². The number of phenols is 1. The van der Waals surface area contributed by atoms with Crippen LogP contribution in [0, 0.1) is 0 Å². The van der Waals surface area contributed by atoms with E-state index in [2.05, 4.69) is 52.2 Å². The molecule has 7 rings (SSSR count). The van der Waals surface area contributed by atoms with Gasteiger partial charge in [0.05, 0.1) is 12.7 Å². The summed E-state index contributed by atoms with van der Waals surface area (Å²) in [6.45, 7) is -0.447. The highest BCUT2D eigenvalue weighted by Gasteiger charge is 2.41. The topological polar surface area (TPSA) is 393 Å². The second-order valence-electron chi connectivity index (χ2n) is 21.9. The van der Waals surface area contributed by atoms with Crippen molar-refractivity contribution in [1.82, 2.24) is 57.0 Å². The standard InChI is InChI=1S/C63H78N14O13/c1-76(63(88)90-38-43-19-9-4-10-20-43)36-54(80)70-46(22-13-29-68-62(64)65)55(81)73-49-34-53(79)67-28-12-11-21-47(71-57(83)48(72-58(49)84)31-41-24-26-45(78)27-25-41)56(82)74-50(33-44-35-66-39-69-44)60(86)77-30-14-23-52(77)59(85)75-51(32-40-15-5-2-6-16-40)61(87)89-37-42-17-7-3-8-18-42/h2-10,15-20,24-27,35,39,46-52,78H,11-14,21-23,28-34,36-38H2,1H3,(H,66,69)(H,67,79)(H,70,80)(H,71,83)(H,72,84)(H,73,81)(H,74,82)(H,75,85)(H4,64,65,68)/t46-,47-,48-,49-,50-,51-,52-/m0/s1. The maximum absolute atomic E-state index is 14.9. The van der Waals surface area contributed by atoms with Gasteiger partial charge in [-0.25, -0.2) is 14.6 Å². The number of amides is 9. The number of benzene rings is 4. The number of nitrogens with zero attached hydrogens (tertiary/aromatic N) is 4. The molecule has 2 saturated heterocycles. The van der Waals surface area contributed by atoms with Crippen LogP contribution >= 0.6 is 0 Å². The third-order valence-electron chi connectivity index (χ3n) is 14.9. The van der Waals surface area contributed by atoms with Gasteiger partial charge in [-0.05, 0) is 79.3 Å². The predicted octanol–water partition coefficient (Wildman–Crippen LogP) is 0.799. The largest absolute Gasteiger partial charge is 0.508 e. The Hall–Kier alpha value is -10.3. The van der Waals surface area contributed by atoms with Gasteiger partial charge in [-0.15, -0.1) is 0 Å². The fourth-order valence-corrected chi connectivity index (χ4v) is 10.2. The number of guanidine groups is 1. The van der Waals surface area contributed by atoms with Crippen LogP contribution in [-0.2, 0) is 85.1 Å². The van der Waals surface area contributed by atoms with Crippen LogP contribution in [-0.4, -0.2) is 166 Å². The second-order valence-corrected chi connectivity index (χ2v) is 21.9. The maximum atomic E-state index is 14.9. The van der Waals surface area contributed by atoms with E-state index in [1.54, 1.807) is 54.6 Å². The molecule has 4 aromatic carbocycles. The van der Waals surface area contributed by atoms with Crippen molar-refractivity contribution in [2.45, 2.75) is 126 Å². The molecule has 27 nitrogen and oxygen atoms in total. The van der Waals surface area contributed by atoms with E-state index in [0.29, 0.717) is 23.2 Å². The number of ether oxygens (including phenoxy) is 2. The number of nitrogens with two attached hydrogens (primary N) is 2. The minimum Gasteiger partial charge on any atom is -0.508 e. The number of H-pyrrole nitrogens is 1. The van der Waals surface area contributed by atoms with Crippen molar-refractivity contribution in [3.63, 3.8) is 0 Å². The Bertz CT molecular complexity index is 3250. The Kier molecular flexibility index (Phi) is 25.6. The van der Waals surface area contributed by atoms with E-state index in [0.717, 1.165) is 16.0 Å². The zero-order chi connectivity index (χ0) is 64.4. The molecule has 2 aliphatic heterocycles. The fourth-order valence-electron chi connectivity index (χ4n) is 10.2. The third kappa shape index (κ3) is 21.5. The van der Waals surface area contributed by atoms with E-state index in [1.807, 2.05) is 36.4 Å². The van der Waals surface area contributed by atoms with Gasteiger partial charge in [0.25, 0.3) is 0 Å². The minimum atomic E-state index is -1.67. The van der Waals surface area contributed by atoms with Gasteiger partial charge in [-0.2, -0.15) is 0 Å². The SMILES string of the molecule is CN(CC(=O)N[C@@H](CCCN=C(N)N)C(=O)N[C@H]1CC(=O)NCCCC[C@@H](C(=O)N[C@@H](Cc2cnc[nH]2)C(=O)N2CCC[C@H]2C(=O)N[C@@H](Cc2ccccc2)C(=O)OCc2ccccc2)NC(=O)[C@H](Cc2ccc(O)cc2)NC1=O)C(=O)OCc1ccccc1. The number of likely N-dealkylation sites (tertiary alicyclic amines) is 1. The van der Waals surface area contributed by atoms with Crippen LogP contribution in [0.5, 0.6) is 5.75 Å². The number of rotatable bonds is 25.